The molecule has 0 aliphatic rings. The third-order valence-corrected chi connectivity index (χ3v) is 6.66. The van der Waals surface area contributed by atoms with E-state index in [1.807, 2.05) is 62.4 Å². The number of carbonyl (C=O) groups is 2. The highest BCUT2D eigenvalue weighted by Crippen LogP contribution is 2.30. The molecule has 0 saturated heterocycles. The van der Waals surface area contributed by atoms with Gasteiger partial charge in [0.05, 0.1) is 17.2 Å². The van der Waals surface area contributed by atoms with Gasteiger partial charge in [-0.15, -0.1) is 10.2 Å². The van der Waals surface area contributed by atoms with Crippen LogP contribution in [0.4, 0.5) is 5.69 Å². The average Bonchev–Trinajstić information content (AvgIpc) is 3.44. The highest BCUT2D eigenvalue weighted by Gasteiger charge is 2.34. The van der Waals surface area contributed by atoms with Gasteiger partial charge in [0.15, 0.2) is 0 Å². The monoisotopic (exact) mass is 528 g/mol. The number of hydrogen-bond donors (Lipinski definition) is 2. The van der Waals surface area contributed by atoms with E-state index in [0.29, 0.717) is 17.1 Å². The largest absolute Gasteiger partial charge is 0.417 e. The van der Waals surface area contributed by atoms with Crippen LogP contribution in [0.2, 0.25) is 0 Å². The van der Waals surface area contributed by atoms with Crippen LogP contribution in [-0.2, 0) is 16.8 Å². The van der Waals surface area contributed by atoms with E-state index in [0.717, 1.165) is 5.56 Å². The van der Waals surface area contributed by atoms with Crippen LogP contribution in [-0.4, -0.2) is 37.5 Å². The van der Waals surface area contributed by atoms with Crippen molar-refractivity contribution in [2.75, 3.05) is 5.73 Å². The lowest BCUT2D eigenvalue weighted by Crippen LogP contribution is -2.46. The molecular formula is C29H32N6O4. The molecule has 0 bridgehead atoms. The summed E-state index contributed by atoms with van der Waals surface area (Å²) >= 11 is 0. The summed E-state index contributed by atoms with van der Waals surface area (Å²) in [5.41, 5.74) is 6.72. The average molecular weight is 529 g/mol. The fourth-order valence-corrected chi connectivity index (χ4v) is 4.21. The molecule has 0 radical (unpaired) electrons. The predicted octanol–water partition coefficient (Wildman–Crippen LogP) is 3.53. The fraction of sp³-hybridized carbons (Fsp3) is 0.310. The second kappa shape index (κ2) is 11.0. The maximum atomic E-state index is 13.4. The van der Waals surface area contributed by atoms with Crippen molar-refractivity contribution < 1.29 is 14.0 Å². The molecule has 0 saturated carbocycles. The molecule has 10 nitrogen and oxygen atoms in total. The second-order valence-electron chi connectivity index (χ2n) is 10.2. The Balaban J connectivity index is 1.58. The molecule has 2 heterocycles. The number of aromatic nitrogens is 4. The van der Waals surface area contributed by atoms with Crippen LogP contribution in [0.5, 0.6) is 0 Å². The molecule has 1 amide bonds. The molecule has 0 unspecified atom stereocenters. The number of nitrogens with one attached hydrogen (secondary N) is 1. The molecule has 39 heavy (non-hydrogen) atoms. The molecule has 202 valence electrons. The van der Waals surface area contributed by atoms with Crippen molar-refractivity contribution >= 4 is 17.4 Å². The topological polar surface area (TPSA) is 146 Å². The van der Waals surface area contributed by atoms with E-state index in [1.165, 1.54) is 4.57 Å². The van der Waals surface area contributed by atoms with Gasteiger partial charge in [-0.3, -0.25) is 19.0 Å². The molecule has 3 N–H and O–H groups in total. The zero-order valence-corrected chi connectivity index (χ0v) is 22.6. The number of amides is 1. The lowest BCUT2D eigenvalue weighted by molar-refractivity contribution is -0.122. The van der Waals surface area contributed by atoms with Crippen LogP contribution in [0.25, 0.3) is 11.4 Å². The third-order valence-electron chi connectivity index (χ3n) is 6.66. The van der Waals surface area contributed by atoms with Gasteiger partial charge in [0.2, 0.25) is 17.6 Å². The van der Waals surface area contributed by atoms with Crippen LogP contribution in [0.15, 0.2) is 69.9 Å². The van der Waals surface area contributed by atoms with Gasteiger partial charge < -0.3 is 15.5 Å². The van der Waals surface area contributed by atoms with Gasteiger partial charge in [0.1, 0.15) is 18.1 Å². The Morgan fingerprint density at radius 3 is 2.26 bits per heavy atom. The number of hydrogen-bond acceptors (Lipinski definition) is 8. The Bertz CT molecular complexity index is 1540. The first-order chi connectivity index (χ1) is 18.5. The Hall–Kier alpha value is -4.60. The predicted molar refractivity (Wildman–Crippen MR) is 147 cm³/mol. The van der Waals surface area contributed by atoms with Crippen molar-refractivity contribution in [2.45, 2.75) is 52.6 Å². The summed E-state index contributed by atoms with van der Waals surface area (Å²) in [7, 11) is 0. The third kappa shape index (κ3) is 5.64. The first-order valence-corrected chi connectivity index (χ1v) is 12.7. The van der Waals surface area contributed by atoms with Gasteiger partial charge in [0, 0.05) is 5.56 Å². The first kappa shape index (κ1) is 27.4. The number of anilines is 1. The Kier molecular flexibility index (Phi) is 7.75. The summed E-state index contributed by atoms with van der Waals surface area (Å²) in [6.45, 7) is 8.69. The van der Waals surface area contributed by atoms with Crippen molar-refractivity contribution in [3.63, 3.8) is 0 Å². The van der Waals surface area contributed by atoms with Gasteiger partial charge >= 0.3 is 0 Å². The number of rotatable bonds is 9. The number of Topliss-reactive ketones (excluding diaryl/α,β-unsaturated/α-hetero) is 1. The number of carbonyl (C=O) groups excluding carboxylic acids is 2. The number of nitrogen functional groups attached to an aromatic ring is 1. The van der Waals surface area contributed by atoms with Gasteiger partial charge in [-0.25, -0.2) is 4.98 Å². The van der Waals surface area contributed by atoms with Crippen molar-refractivity contribution in [3.05, 3.63) is 94.1 Å². The SMILES string of the molecule is Cc1nc(-c2ccccc2)n(CC(=O)N[C@H](C(=O)c2nnc(C(C)(C)c3ccccc3)o2)C(C)C)c(=O)c1N. The van der Waals surface area contributed by atoms with Crippen molar-refractivity contribution in [3.8, 4) is 11.4 Å². The van der Waals surface area contributed by atoms with E-state index in [9.17, 15) is 14.4 Å². The van der Waals surface area contributed by atoms with E-state index >= 15 is 0 Å². The molecule has 0 aliphatic carbocycles. The molecule has 2 aromatic carbocycles. The highest BCUT2D eigenvalue weighted by molar-refractivity contribution is 5.98. The second-order valence-corrected chi connectivity index (χ2v) is 10.2. The summed E-state index contributed by atoms with van der Waals surface area (Å²) in [6.07, 6.45) is 0. The minimum absolute atomic E-state index is 0.0432. The standard InChI is InChI=1S/C29H32N6O4/c1-17(2)23(24(37)26-33-34-28(39-26)29(4,5)20-14-10-7-11-15-20)32-21(36)16-35-25(19-12-8-6-9-13-19)31-18(3)22(30)27(35)38/h6-15,17,23H,16,30H2,1-5H3,(H,32,36)/t23-/m0/s1. The van der Waals surface area contributed by atoms with E-state index < -0.39 is 28.7 Å². The van der Waals surface area contributed by atoms with Crippen LogP contribution in [0.3, 0.4) is 0 Å². The Morgan fingerprint density at radius 2 is 1.64 bits per heavy atom. The Morgan fingerprint density at radius 1 is 1.03 bits per heavy atom. The van der Waals surface area contributed by atoms with Crippen LogP contribution >= 0.6 is 0 Å². The maximum absolute atomic E-state index is 13.4. The number of nitrogens with zero attached hydrogens (tertiary/aromatic N) is 4. The molecule has 0 fully saturated rings. The zero-order valence-electron chi connectivity index (χ0n) is 22.6. The summed E-state index contributed by atoms with van der Waals surface area (Å²) in [6, 6.07) is 17.7. The molecule has 10 heteroatoms. The van der Waals surface area contributed by atoms with E-state index in [1.54, 1.807) is 32.9 Å². The normalized spacial score (nSPS) is 12.4. The highest BCUT2D eigenvalue weighted by atomic mass is 16.4. The van der Waals surface area contributed by atoms with E-state index in [2.05, 4.69) is 20.5 Å². The first-order valence-electron chi connectivity index (χ1n) is 12.7. The minimum atomic E-state index is -0.961. The van der Waals surface area contributed by atoms with Crippen molar-refractivity contribution in [1.29, 1.82) is 0 Å². The smallest absolute Gasteiger partial charge is 0.286 e. The number of aryl methyl sites for hydroxylation is 1. The summed E-state index contributed by atoms with van der Waals surface area (Å²) in [4.78, 5) is 44.1. The molecular weight excluding hydrogens is 496 g/mol. The zero-order chi connectivity index (χ0) is 28.3. The van der Waals surface area contributed by atoms with Crippen LogP contribution in [0, 0.1) is 12.8 Å². The van der Waals surface area contributed by atoms with Crippen molar-refractivity contribution in [2.24, 2.45) is 5.92 Å². The number of nitrogens with two attached hydrogens (primary N) is 1. The Labute approximate surface area is 226 Å². The molecule has 1 atom stereocenters. The lowest BCUT2D eigenvalue weighted by atomic mass is 9.85. The van der Waals surface area contributed by atoms with Gasteiger partial charge in [-0.05, 0) is 32.3 Å². The van der Waals surface area contributed by atoms with Crippen molar-refractivity contribution in [1.82, 2.24) is 25.1 Å². The molecule has 4 rings (SSSR count). The van der Waals surface area contributed by atoms with Gasteiger partial charge in [0.25, 0.3) is 11.4 Å². The van der Waals surface area contributed by atoms with Crippen LogP contribution in [0.1, 0.15) is 55.5 Å². The molecule has 2 aromatic heterocycles. The maximum Gasteiger partial charge on any atom is 0.286 e. The minimum Gasteiger partial charge on any atom is -0.417 e. The van der Waals surface area contributed by atoms with E-state index in [4.69, 9.17) is 10.2 Å². The van der Waals surface area contributed by atoms with Gasteiger partial charge in [-0.1, -0.05) is 74.5 Å². The quantitative estimate of drug-likeness (QED) is 0.314. The van der Waals surface area contributed by atoms with Gasteiger partial charge in [-0.2, -0.15) is 0 Å². The lowest BCUT2D eigenvalue weighted by Gasteiger charge is -2.21. The summed E-state index contributed by atoms with van der Waals surface area (Å²) in [5, 5.41) is 10.9. The molecule has 4 aromatic rings. The number of benzene rings is 2. The molecule has 0 spiro atoms. The van der Waals surface area contributed by atoms with Crippen LogP contribution < -0.4 is 16.6 Å². The summed E-state index contributed by atoms with van der Waals surface area (Å²) < 4.78 is 7.03. The fourth-order valence-electron chi connectivity index (χ4n) is 4.21. The summed E-state index contributed by atoms with van der Waals surface area (Å²) in [5.74, 6) is -0.985. The number of ketones is 1. The molecule has 0 aliphatic heterocycles. The van der Waals surface area contributed by atoms with E-state index in [-0.39, 0.29) is 29.9 Å².